The largest absolute Gasteiger partial charge is 0.382 e. The van der Waals surface area contributed by atoms with Gasteiger partial charge in [-0.2, -0.15) is 0 Å². The van der Waals surface area contributed by atoms with Crippen molar-refractivity contribution in [1.29, 1.82) is 0 Å². The van der Waals surface area contributed by atoms with E-state index in [9.17, 15) is 8.42 Å². The maximum atomic E-state index is 11.9. The molecule has 5 heteroatoms. The molecule has 0 aliphatic heterocycles. The molecule has 0 saturated carbocycles. The molecular formula is C14H24N2O2S. The molecular weight excluding hydrogens is 260 g/mol. The molecule has 0 aromatic heterocycles. The van der Waals surface area contributed by atoms with Crippen molar-refractivity contribution in [3.8, 4) is 0 Å². The predicted octanol–water partition coefficient (Wildman–Crippen LogP) is 2.78. The van der Waals surface area contributed by atoms with Gasteiger partial charge in [0.15, 0.2) is 0 Å². The minimum absolute atomic E-state index is 0.320. The summed E-state index contributed by atoms with van der Waals surface area (Å²) in [5.41, 5.74) is 0.957. The van der Waals surface area contributed by atoms with E-state index in [1.165, 1.54) is 18.4 Å². The first-order valence-electron chi connectivity index (χ1n) is 6.58. The van der Waals surface area contributed by atoms with Crippen molar-refractivity contribution in [1.82, 2.24) is 4.31 Å². The molecule has 0 saturated heterocycles. The minimum Gasteiger partial charge on any atom is -0.382 e. The Morgan fingerprint density at radius 2 is 1.68 bits per heavy atom. The van der Waals surface area contributed by atoms with Crippen molar-refractivity contribution < 1.29 is 8.42 Å². The van der Waals surface area contributed by atoms with Gasteiger partial charge in [-0.3, -0.25) is 0 Å². The minimum atomic E-state index is -3.34. The van der Waals surface area contributed by atoms with Gasteiger partial charge in [0, 0.05) is 25.8 Å². The van der Waals surface area contributed by atoms with Crippen LogP contribution in [-0.4, -0.2) is 32.9 Å². The van der Waals surface area contributed by atoms with Crippen LogP contribution in [0, 0.1) is 5.92 Å². The van der Waals surface area contributed by atoms with Crippen molar-refractivity contribution >= 4 is 15.7 Å². The van der Waals surface area contributed by atoms with Crippen LogP contribution in [0.25, 0.3) is 0 Å². The van der Waals surface area contributed by atoms with Gasteiger partial charge < -0.3 is 5.32 Å². The van der Waals surface area contributed by atoms with Crippen molar-refractivity contribution in [3.05, 3.63) is 24.3 Å². The summed E-state index contributed by atoms with van der Waals surface area (Å²) in [6.45, 7) is 6.49. The summed E-state index contributed by atoms with van der Waals surface area (Å²) in [5.74, 6) is 0.537. The fourth-order valence-electron chi connectivity index (χ4n) is 1.89. The van der Waals surface area contributed by atoms with E-state index in [4.69, 9.17) is 0 Å². The van der Waals surface area contributed by atoms with Crippen molar-refractivity contribution in [2.75, 3.05) is 19.4 Å². The zero-order chi connectivity index (χ0) is 14.6. The smallest absolute Gasteiger partial charge is 0.242 e. The Morgan fingerprint density at radius 1 is 1.16 bits per heavy atom. The highest BCUT2D eigenvalue weighted by molar-refractivity contribution is 7.89. The van der Waals surface area contributed by atoms with E-state index in [0.29, 0.717) is 16.9 Å². The Balaban J connectivity index is 2.89. The lowest BCUT2D eigenvalue weighted by Gasteiger charge is -2.22. The number of sulfonamides is 1. The SMILES string of the molecule is CCC(Nc1ccc(S(=O)(=O)N(C)C)cc1)C(C)C. The van der Waals surface area contributed by atoms with Crippen LogP contribution in [0.4, 0.5) is 5.69 Å². The summed E-state index contributed by atoms with van der Waals surface area (Å²) >= 11 is 0. The third kappa shape index (κ3) is 3.94. The van der Waals surface area contributed by atoms with Crippen molar-refractivity contribution in [3.63, 3.8) is 0 Å². The van der Waals surface area contributed by atoms with Crippen LogP contribution in [0.2, 0.25) is 0 Å². The molecule has 0 aliphatic rings. The van der Waals surface area contributed by atoms with Crippen LogP contribution in [0.1, 0.15) is 27.2 Å². The first-order valence-corrected chi connectivity index (χ1v) is 8.02. The first kappa shape index (κ1) is 16.0. The number of rotatable bonds is 6. The van der Waals surface area contributed by atoms with Gasteiger partial charge in [-0.1, -0.05) is 20.8 Å². The quantitative estimate of drug-likeness (QED) is 0.874. The molecule has 1 aromatic carbocycles. The van der Waals surface area contributed by atoms with Gasteiger partial charge in [-0.05, 0) is 36.6 Å². The summed E-state index contributed by atoms with van der Waals surface area (Å²) in [4.78, 5) is 0.320. The topological polar surface area (TPSA) is 49.4 Å². The van der Waals surface area contributed by atoms with Crippen LogP contribution in [0.5, 0.6) is 0 Å². The van der Waals surface area contributed by atoms with Gasteiger partial charge in [0.05, 0.1) is 4.90 Å². The average molecular weight is 284 g/mol. The molecule has 0 heterocycles. The Kier molecular flexibility index (Phi) is 5.38. The third-order valence-corrected chi connectivity index (χ3v) is 5.06. The highest BCUT2D eigenvalue weighted by Crippen LogP contribution is 2.19. The van der Waals surface area contributed by atoms with Crippen LogP contribution in [0.3, 0.4) is 0 Å². The van der Waals surface area contributed by atoms with Gasteiger partial charge in [0.1, 0.15) is 0 Å². The van der Waals surface area contributed by atoms with Crippen molar-refractivity contribution in [2.45, 2.75) is 38.1 Å². The Bertz CT molecular complexity index is 493. The number of nitrogens with zero attached hydrogens (tertiary/aromatic N) is 1. The lowest BCUT2D eigenvalue weighted by molar-refractivity contribution is 0.511. The molecule has 0 spiro atoms. The van der Waals surface area contributed by atoms with E-state index in [1.807, 2.05) is 12.1 Å². The second-order valence-corrected chi connectivity index (χ2v) is 7.37. The highest BCUT2D eigenvalue weighted by Gasteiger charge is 2.17. The van der Waals surface area contributed by atoms with Gasteiger partial charge in [-0.15, -0.1) is 0 Å². The number of hydrogen-bond donors (Lipinski definition) is 1. The number of nitrogens with one attached hydrogen (secondary N) is 1. The lowest BCUT2D eigenvalue weighted by Crippen LogP contribution is -2.25. The molecule has 0 amide bonds. The van der Waals surface area contributed by atoms with E-state index >= 15 is 0 Å². The van der Waals surface area contributed by atoms with Crippen LogP contribution < -0.4 is 5.32 Å². The summed E-state index contributed by atoms with van der Waals surface area (Å²) in [7, 11) is -0.268. The van der Waals surface area contributed by atoms with E-state index in [0.717, 1.165) is 12.1 Å². The Morgan fingerprint density at radius 3 is 2.05 bits per heavy atom. The fraction of sp³-hybridized carbons (Fsp3) is 0.571. The maximum Gasteiger partial charge on any atom is 0.242 e. The molecule has 0 aliphatic carbocycles. The van der Waals surface area contributed by atoms with Gasteiger partial charge >= 0.3 is 0 Å². The van der Waals surface area contributed by atoms with Crippen molar-refractivity contribution in [2.24, 2.45) is 5.92 Å². The van der Waals surface area contributed by atoms with Crippen LogP contribution in [-0.2, 0) is 10.0 Å². The summed E-state index contributed by atoms with van der Waals surface area (Å²) in [5, 5.41) is 3.43. The van der Waals surface area contributed by atoms with E-state index in [2.05, 4.69) is 26.1 Å². The third-order valence-electron chi connectivity index (χ3n) is 3.23. The maximum absolute atomic E-state index is 11.9. The molecule has 1 atom stereocenters. The summed E-state index contributed by atoms with van der Waals surface area (Å²) < 4.78 is 25.1. The highest BCUT2D eigenvalue weighted by atomic mass is 32.2. The standard InChI is InChI=1S/C14H24N2O2S/c1-6-14(11(2)3)15-12-7-9-13(10-8-12)19(17,18)16(4)5/h7-11,14-15H,6H2,1-5H3. The molecule has 4 nitrogen and oxygen atoms in total. The van der Waals surface area contributed by atoms with Gasteiger partial charge in [0.2, 0.25) is 10.0 Å². The Hall–Kier alpha value is -1.07. The summed E-state index contributed by atoms with van der Waals surface area (Å²) in [6, 6.07) is 7.33. The average Bonchev–Trinajstić information content (AvgIpc) is 2.35. The molecule has 0 radical (unpaired) electrons. The summed E-state index contributed by atoms with van der Waals surface area (Å²) in [6.07, 6.45) is 1.04. The molecule has 0 bridgehead atoms. The molecule has 1 aromatic rings. The van der Waals surface area contributed by atoms with Gasteiger partial charge in [-0.25, -0.2) is 12.7 Å². The zero-order valence-electron chi connectivity index (χ0n) is 12.3. The molecule has 1 rings (SSSR count). The van der Waals surface area contributed by atoms with E-state index in [1.54, 1.807) is 12.1 Å². The predicted molar refractivity (Wildman–Crippen MR) is 79.9 cm³/mol. The lowest BCUT2D eigenvalue weighted by atomic mass is 10.0. The van der Waals surface area contributed by atoms with E-state index in [-0.39, 0.29) is 0 Å². The van der Waals surface area contributed by atoms with Crippen LogP contribution in [0.15, 0.2) is 29.2 Å². The molecule has 19 heavy (non-hydrogen) atoms. The molecule has 0 fully saturated rings. The normalized spacial score (nSPS) is 13.8. The molecule has 1 unspecified atom stereocenters. The first-order chi connectivity index (χ1) is 8.78. The molecule has 1 N–H and O–H groups in total. The number of anilines is 1. The second kappa shape index (κ2) is 6.39. The monoisotopic (exact) mass is 284 g/mol. The number of benzene rings is 1. The van der Waals surface area contributed by atoms with Crippen LogP contribution >= 0.6 is 0 Å². The van der Waals surface area contributed by atoms with E-state index < -0.39 is 10.0 Å². The molecule has 108 valence electrons. The Labute approximate surface area is 116 Å². The van der Waals surface area contributed by atoms with Gasteiger partial charge in [0.25, 0.3) is 0 Å². The zero-order valence-corrected chi connectivity index (χ0v) is 13.2. The fourth-order valence-corrected chi connectivity index (χ4v) is 2.79. The number of hydrogen-bond acceptors (Lipinski definition) is 3. The second-order valence-electron chi connectivity index (χ2n) is 5.21.